The van der Waals surface area contributed by atoms with Crippen molar-refractivity contribution in [2.75, 3.05) is 35.2 Å². The average molecular weight is 268 g/mol. The van der Waals surface area contributed by atoms with E-state index in [9.17, 15) is 4.21 Å². The molecule has 5 heteroatoms. The number of nitrogen functional groups attached to an aromatic ring is 1. The summed E-state index contributed by atoms with van der Waals surface area (Å²) in [6.45, 7) is 5.63. The van der Waals surface area contributed by atoms with Crippen molar-refractivity contribution in [2.24, 2.45) is 0 Å². The average Bonchev–Trinajstić information content (AvgIpc) is 2.32. The standard InChI is InChI=1S/C13H20N2O2S/c1-10(2)17-13-9-11(3-4-12(13)14)15-5-7-18(16)8-6-15/h3-4,9-10H,5-8,14H2,1-2H3. The Morgan fingerprint density at radius 3 is 2.61 bits per heavy atom. The molecule has 0 aliphatic carbocycles. The molecule has 1 aliphatic heterocycles. The van der Waals surface area contributed by atoms with Gasteiger partial charge >= 0.3 is 0 Å². The summed E-state index contributed by atoms with van der Waals surface area (Å²) in [6, 6.07) is 5.85. The van der Waals surface area contributed by atoms with Crippen molar-refractivity contribution in [3.63, 3.8) is 0 Å². The first-order chi connectivity index (χ1) is 8.56. The summed E-state index contributed by atoms with van der Waals surface area (Å²) in [5, 5.41) is 0. The van der Waals surface area contributed by atoms with Crippen LogP contribution in [0.2, 0.25) is 0 Å². The van der Waals surface area contributed by atoms with Gasteiger partial charge in [0.25, 0.3) is 0 Å². The van der Waals surface area contributed by atoms with Gasteiger partial charge in [0.1, 0.15) is 5.75 Å². The van der Waals surface area contributed by atoms with E-state index in [0.29, 0.717) is 5.69 Å². The van der Waals surface area contributed by atoms with Crippen LogP contribution in [0.5, 0.6) is 5.75 Å². The second-order valence-corrected chi connectivity index (χ2v) is 6.42. The molecule has 0 amide bonds. The molecule has 0 radical (unpaired) electrons. The Hall–Kier alpha value is -1.23. The quantitative estimate of drug-likeness (QED) is 0.847. The van der Waals surface area contributed by atoms with E-state index in [1.807, 2.05) is 32.0 Å². The normalized spacial score (nSPS) is 17.2. The fraction of sp³-hybridized carbons (Fsp3) is 0.538. The lowest BCUT2D eigenvalue weighted by Crippen LogP contribution is -2.37. The van der Waals surface area contributed by atoms with Crippen molar-refractivity contribution in [3.05, 3.63) is 18.2 Å². The number of nitrogens with zero attached hydrogens (tertiary/aromatic N) is 1. The molecule has 1 heterocycles. The summed E-state index contributed by atoms with van der Waals surface area (Å²) in [4.78, 5) is 2.23. The highest BCUT2D eigenvalue weighted by Gasteiger charge is 2.16. The van der Waals surface area contributed by atoms with E-state index in [4.69, 9.17) is 10.5 Å². The van der Waals surface area contributed by atoms with E-state index in [-0.39, 0.29) is 6.10 Å². The van der Waals surface area contributed by atoms with Gasteiger partial charge < -0.3 is 15.4 Å². The highest BCUT2D eigenvalue weighted by molar-refractivity contribution is 7.85. The van der Waals surface area contributed by atoms with Crippen LogP contribution < -0.4 is 15.4 Å². The monoisotopic (exact) mass is 268 g/mol. The molecule has 4 nitrogen and oxygen atoms in total. The SMILES string of the molecule is CC(C)Oc1cc(N2CCS(=O)CC2)ccc1N. The lowest BCUT2D eigenvalue weighted by atomic mass is 10.2. The van der Waals surface area contributed by atoms with Crippen LogP contribution in [-0.4, -0.2) is 34.9 Å². The smallest absolute Gasteiger partial charge is 0.144 e. The van der Waals surface area contributed by atoms with Crippen molar-refractivity contribution in [1.82, 2.24) is 0 Å². The van der Waals surface area contributed by atoms with Gasteiger partial charge in [-0.15, -0.1) is 0 Å². The summed E-state index contributed by atoms with van der Waals surface area (Å²) in [6.07, 6.45) is 0.108. The molecule has 0 aromatic heterocycles. The van der Waals surface area contributed by atoms with Gasteiger partial charge in [-0.1, -0.05) is 0 Å². The maximum absolute atomic E-state index is 11.3. The summed E-state index contributed by atoms with van der Waals surface area (Å²) >= 11 is 0. The lowest BCUT2D eigenvalue weighted by Gasteiger charge is -2.29. The van der Waals surface area contributed by atoms with Crippen LogP contribution >= 0.6 is 0 Å². The number of hydrogen-bond acceptors (Lipinski definition) is 4. The fourth-order valence-electron chi connectivity index (χ4n) is 1.97. The van der Waals surface area contributed by atoms with Crippen LogP contribution in [-0.2, 0) is 10.8 Å². The Morgan fingerprint density at radius 1 is 1.33 bits per heavy atom. The van der Waals surface area contributed by atoms with Gasteiger partial charge in [0.15, 0.2) is 0 Å². The predicted octanol–water partition coefficient (Wildman–Crippen LogP) is 1.62. The molecule has 1 saturated heterocycles. The third kappa shape index (κ3) is 3.16. The molecule has 2 rings (SSSR count). The minimum atomic E-state index is -0.651. The molecule has 1 fully saturated rings. The Kier molecular flexibility index (Phi) is 4.11. The molecule has 1 aromatic carbocycles. The molecule has 0 unspecified atom stereocenters. The van der Waals surface area contributed by atoms with Crippen molar-refractivity contribution < 1.29 is 8.95 Å². The zero-order valence-corrected chi connectivity index (χ0v) is 11.7. The molecule has 0 atom stereocenters. The lowest BCUT2D eigenvalue weighted by molar-refractivity contribution is 0.244. The molecule has 2 N–H and O–H groups in total. The van der Waals surface area contributed by atoms with Gasteiger partial charge in [0.2, 0.25) is 0 Å². The highest BCUT2D eigenvalue weighted by Crippen LogP contribution is 2.29. The van der Waals surface area contributed by atoms with E-state index in [1.165, 1.54) is 0 Å². The number of benzene rings is 1. The van der Waals surface area contributed by atoms with Gasteiger partial charge in [-0.25, -0.2) is 0 Å². The first-order valence-corrected chi connectivity index (χ1v) is 7.71. The summed E-state index contributed by atoms with van der Waals surface area (Å²) < 4.78 is 17.0. The largest absolute Gasteiger partial charge is 0.489 e. The fourth-order valence-corrected chi connectivity index (χ4v) is 3.02. The number of ether oxygens (including phenoxy) is 1. The minimum Gasteiger partial charge on any atom is -0.489 e. The Morgan fingerprint density at radius 2 is 2.00 bits per heavy atom. The Bertz CT molecular complexity index is 439. The highest BCUT2D eigenvalue weighted by atomic mass is 32.2. The number of nitrogens with two attached hydrogens (primary N) is 1. The van der Waals surface area contributed by atoms with Gasteiger partial charge in [-0.05, 0) is 26.0 Å². The number of rotatable bonds is 3. The maximum Gasteiger partial charge on any atom is 0.144 e. The molecular formula is C13H20N2O2S. The number of hydrogen-bond donors (Lipinski definition) is 1. The molecule has 18 heavy (non-hydrogen) atoms. The maximum atomic E-state index is 11.3. The van der Waals surface area contributed by atoms with Gasteiger partial charge in [-0.2, -0.15) is 0 Å². The van der Waals surface area contributed by atoms with Crippen LogP contribution in [0.4, 0.5) is 11.4 Å². The zero-order valence-electron chi connectivity index (χ0n) is 10.9. The molecule has 0 saturated carbocycles. The molecule has 100 valence electrons. The van der Waals surface area contributed by atoms with E-state index in [1.54, 1.807) is 0 Å². The van der Waals surface area contributed by atoms with E-state index >= 15 is 0 Å². The van der Waals surface area contributed by atoms with Crippen molar-refractivity contribution in [2.45, 2.75) is 20.0 Å². The summed E-state index contributed by atoms with van der Waals surface area (Å²) in [7, 11) is -0.651. The van der Waals surface area contributed by atoms with Gasteiger partial charge in [0.05, 0.1) is 11.8 Å². The van der Waals surface area contributed by atoms with Crippen molar-refractivity contribution in [3.8, 4) is 5.75 Å². The van der Waals surface area contributed by atoms with Crippen LogP contribution in [0.25, 0.3) is 0 Å². The third-order valence-corrected chi connectivity index (χ3v) is 4.18. The summed E-state index contributed by atoms with van der Waals surface area (Å²) in [5.41, 5.74) is 7.65. The van der Waals surface area contributed by atoms with E-state index in [0.717, 1.165) is 36.0 Å². The first kappa shape index (κ1) is 13.2. The van der Waals surface area contributed by atoms with Crippen molar-refractivity contribution >= 4 is 22.2 Å². The van der Waals surface area contributed by atoms with E-state index in [2.05, 4.69) is 4.90 Å². The van der Waals surface area contributed by atoms with Crippen LogP contribution in [0.15, 0.2) is 18.2 Å². The molecule has 0 bridgehead atoms. The first-order valence-electron chi connectivity index (χ1n) is 6.22. The molecule has 1 aliphatic rings. The predicted molar refractivity (Wildman–Crippen MR) is 76.7 cm³/mol. The molecule has 0 spiro atoms. The van der Waals surface area contributed by atoms with Gasteiger partial charge in [-0.3, -0.25) is 4.21 Å². The number of anilines is 2. The zero-order chi connectivity index (χ0) is 13.1. The Balaban J connectivity index is 2.16. The second kappa shape index (κ2) is 5.61. The van der Waals surface area contributed by atoms with Crippen molar-refractivity contribution in [1.29, 1.82) is 0 Å². The van der Waals surface area contributed by atoms with Crippen LogP contribution in [0.3, 0.4) is 0 Å². The minimum absolute atomic E-state index is 0.108. The van der Waals surface area contributed by atoms with Crippen LogP contribution in [0, 0.1) is 0 Å². The van der Waals surface area contributed by atoms with Gasteiger partial charge in [0, 0.05) is 47.1 Å². The van der Waals surface area contributed by atoms with E-state index < -0.39 is 10.8 Å². The van der Waals surface area contributed by atoms with Crippen LogP contribution in [0.1, 0.15) is 13.8 Å². The molecular weight excluding hydrogens is 248 g/mol. The summed E-state index contributed by atoms with van der Waals surface area (Å²) in [5.74, 6) is 2.21. The second-order valence-electron chi connectivity index (χ2n) is 4.72. The third-order valence-electron chi connectivity index (χ3n) is 2.90. The topological polar surface area (TPSA) is 55.6 Å². The molecule has 1 aromatic rings. The Labute approximate surface area is 111 Å².